The number of nitrogens with two attached hydrogens (primary N) is 1. The van der Waals surface area contributed by atoms with E-state index in [9.17, 15) is 4.79 Å². The molecule has 0 bridgehead atoms. The first-order valence-corrected chi connectivity index (χ1v) is 8.53. The van der Waals surface area contributed by atoms with Gasteiger partial charge in [-0.2, -0.15) is 0 Å². The predicted octanol–water partition coefficient (Wildman–Crippen LogP) is 2.53. The topological polar surface area (TPSA) is 72.4 Å². The molecule has 22 heavy (non-hydrogen) atoms. The number of thiazole rings is 1. The quantitative estimate of drug-likeness (QED) is 0.940. The number of aromatic nitrogens is 1. The number of amides is 1. The molecule has 3 heterocycles. The van der Waals surface area contributed by atoms with Crippen LogP contribution in [0.25, 0.3) is 10.6 Å². The van der Waals surface area contributed by atoms with Crippen molar-refractivity contribution in [1.29, 1.82) is 0 Å². The van der Waals surface area contributed by atoms with Gasteiger partial charge in [-0.3, -0.25) is 4.79 Å². The number of likely N-dealkylation sites (tertiary alicyclic amines) is 1. The summed E-state index contributed by atoms with van der Waals surface area (Å²) in [5, 5.41) is 2.84. The summed E-state index contributed by atoms with van der Waals surface area (Å²) in [6.07, 6.45) is 5.84. The third kappa shape index (κ3) is 3.08. The summed E-state index contributed by atoms with van der Waals surface area (Å²) in [4.78, 5) is 19.1. The zero-order valence-corrected chi connectivity index (χ0v) is 13.5. The highest BCUT2D eigenvalue weighted by molar-refractivity contribution is 7.13. The molecule has 3 rings (SSSR count). The minimum absolute atomic E-state index is 0.131. The number of hydrogen-bond donors (Lipinski definition) is 1. The van der Waals surface area contributed by atoms with Crippen LogP contribution in [0.3, 0.4) is 0 Å². The summed E-state index contributed by atoms with van der Waals surface area (Å²) in [5.74, 6) is 0.602. The highest BCUT2D eigenvalue weighted by Gasteiger charge is 2.30. The molecule has 5 nitrogen and oxygen atoms in total. The lowest BCUT2D eigenvalue weighted by atomic mass is 9.90. The molecule has 1 aliphatic rings. The zero-order valence-electron chi connectivity index (χ0n) is 12.7. The average Bonchev–Trinajstić information content (AvgIpc) is 3.17. The van der Waals surface area contributed by atoms with E-state index in [1.54, 1.807) is 12.5 Å². The van der Waals surface area contributed by atoms with E-state index in [0.717, 1.165) is 35.7 Å². The molecule has 2 aromatic heterocycles. The van der Waals surface area contributed by atoms with Gasteiger partial charge in [0, 0.05) is 30.1 Å². The molecule has 1 amide bonds. The normalized spacial score (nSPS) is 22.0. The molecule has 118 valence electrons. The Morgan fingerprint density at radius 2 is 2.45 bits per heavy atom. The Morgan fingerprint density at radius 1 is 1.59 bits per heavy atom. The molecular weight excluding hydrogens is 298 g/mol. The van der Waals surface area contributed by atoms with Gasteiger partial charge in [-0.25, -0.2) is 4.98 Å². The first-order valence-electron chi connectivity index (χ1n) is 7.65. The second-order valence-corrected chi connectivity index (χ2v) is 6.70. The molecule has 2 aromatic rings. The second-order valence-electron chi connectivity index (χ2n) is 5.84. The van der Waals surface area contributed by atoms with Crippen LogP contribution in [0.4, 0.5) is 0 Å². The van der Waals surface area contributed by atoms with Crippen molar-refractivity contribution in [1.82, 2.24) is 9.88 Å². The largest absolute Gasteiger partial charge is 0.472 e. The van der Waals surface area contributed by atoms with Crippen LogP contribution in [-0.4, -0.2) is 34.9 Å². The highest BCUT2D eigenvalue weighted by atomic mass is 32.1. The summed E-state index contributed by atoms with van der Waals surface area (Å²) in [6, 6.07) is 2.04. The van der Waals surface area contributed by atoms with Crippen molar-refractivity contribution in [3.63, 3.8) is 0 Å². The second kappa shape index (κ2) is 6.62. The fourth-order valence-corrected chi connectivity index (χ4v) is 3.89. The van der Waals surface area contributed by atoms with E-state index in [0.29, 0.717) is 18.9 Å². The van der Waals surface area contributed by atoms with Gasteiger partial charge in [0.15, 0.2) is 0 Å². The molecular formula is C16H21N3O2S. The highest BCUT2D eigenvalue weighted by Crippen LogP contribution is 2.26. The minimum Gasteiger partial charge on any atom is -0.472 e. The Bertz CT molecular complexity index is 623. The molecule has 2 unspecified atom stereocenters. The van der Waals surface area contributed by atoms with E-state index in [1.165, 1.54) is 11.3 Å². The molecule has 0 aliphatic carbocycles. The summed E-state index contributed by atoms with van der Waals surface area (Å²) in [5.41, 5.74) is 7.64. The van der Waals surface area contributed by atoms with Crippen LogP contribution in [0, 0.1) is 5.92 Å². The Hall–Kier alpha value is -1.66. The summed E-state index contributed by atoms with van der Waals surface area (Å²) in [7, 11) is 0. The van der Waals surface area contributed by atoms with Gasteiger partial charge in [0.05, 0.1) is 18.4 Å². The first kappa shape index (κ1) is 15.2. The number of hydrogen-bond acceptors (Lipinski definition) is 5. The van der Waals surface area contributed by atoms with Gasteiger partial charge in [0.2, 0.25) is 5.91 Å². The lowest BCUT2D eigenvalue weighted by Crippen LogP contribution is -2.51. The minimum atomic E-state index is 0.131. The van der Waals surface area contributed by atoms with Crippen LogP contribution in [0.15, 0.2) is 28.4 Å². The van der Waals surface area contributed by atoms with E-state index in [4.69, 9.17) is 10.2 Å². The molecule has 0 saturated carbocycles. The van der Waals surface area contributed by atoms with Crippen molar-refractivity contribution in [3.8, 4) is 10.6 Å². The number of rotatable bonds is 4. The number of furan rings is 1. The molecule has 0 radical (unpaired) electrons. The Balaban J connectivity index is 1.69. The van der Waals surface area contributed by atoms with Gasteiger partial charge < -0.3 is 15.1 Å². The summed E-state index contributed by atoms with van der Waals surface area (Å²) in [6.45, 7) is 3.52. The van der Waals surface area contributed by atoms with Crippen molar-refractivity contribution in [3.05, 3.63) is 29.7 Å². The molecule has 2 atom stereocenters. The maximum absolute atomic E-state index is 12.6. The van der Waals surface area contributed by atoms with Crippen LogP contribution >= 0.6 is 11.3 Å². The van der Waals surface area contributed by atoms with Gasteiger partial charge in [0.25, 0.3) is 0 Å². The maximum Gasteiger partial charge on any atom is 0.228 e. The molecule has 6 heteroatoms. The van der Waals surface area contributed by atoms with Gasteiger partial charge >= 0.3 is 0 Å². The van der Waals surface area contributed by atoms with Gasteiger partial charge in [-0.1, -0.05) is 6.92 Å². The van der Waals surface area contributed by atoms with Crippen LogP contribution in [0.2, 0.25) is 0 Å². The lowest BCUT2D eigenvalue weighted by Gasteiger charge is -2.39. The van der Waals surface area contributed by atoms with Crippen LogP contribution in [0.1, 0.15) is 25.5 Å². The summed E-state index contributed by atoms with van der Waals surface area (Å²) < 4.78 is 5.07. The predicted molar refractivity (Wildman–Crippen MR) is 86.5 cm³/mol. The Morgan fingerprint density at radius 3 is 3.18 bits per heavy atom. The fraction of sp³-hybridized carbons (Fsp3) is 0.500. The van der Waals surface area contributed by atoms with Crippen molar-refractivity contribution in [2.24, 2.45) is 11.7 Å². The van der Waals surface area contributed by atoms with Crippen molar-refractivity contribution >= 4 is 17.2 Å². The Kier molecular flexibility index (Phi) is 4.59. The fourth-order valence-electron chi connectivity index (χ4n) is 3.08. The first-order chi connectivity index (χ1) is 10.7. The van der Waals surface area contributed by atoms with Crippen molar-refractivity contribution in [2.45, 2.75) is 32.2 Å². The van der Waals surface area contributed by atoms with Crippen LogP contribution in [-0.2, 0) is 11.2 Å². The SMILES string of the molecule is CC1CCCN(C(=O)Cc2csc(-c3ccoc3)n2)C1CN. The third-order valence-electron chi connectivity index (χ3n) is 4.33. The molecule has 1 aliphatic heterocycles. The number of carbonyl (C=O) groups is 1. The standard InChI is InChI=1S/C16H21N3O2S/c1-11-3-2-5-19(14(11)8-17)15(20)7-13-10-22-16(18-13)12-4-6-21-9-12/h4,6,9-11,14H,2-3,5,7-8,17H2,1H3. The van der Waals surface area contributed by atoms with Crippen LogP contribution in [0.5, 0.6) is 0 Å². The van der Waals surface area contributed by atoms with E-state index in [-0.39, 0.29) is 11.9 Å². The molecule has 0 aromatic carbocycles. The molecule has 2 N–H and O–H groups in total. The van der Waals surface area contributed by atoms with Gasteiger partial charge in [-0.15, -0.1) is 11.3 Å². The maximum atomic E-state index is 12.6. The summed E-state index contributed by atoms with van der Waals surface area (Å²) >= 11 is 1.54. The van der Waals surface area contributed by atoms with E-state index < -0.39 is 0 Å². The van der Waals surface area contributed by atoms with E-state index in [2.05, 4.69) is 11.9 Å². The van der Waals surface area contributed by atoms with E-state index >= 15 is 0 Å². The molecule has 1 fully saturated rings. The van der Waals surface area contributed by atoms with Crippen LogP contribution < -0.4 is 5.73 Å². The zero-order chi connectivity index (χ0) is 15.5. The van der Waals surface area contributed by atoms with Gasteiger partial charge in [0.1, 0.15) is 11.3 Å². The number of nitrogens with zero attached hydrogens (tertiary/aromatic N) is 2. The third-order valence-corrected chi connectivity index (χ3v) is 5.27. The lowest BCUT2D eigenvalue weighted by molar-refractivity contribution is -0.135. The smallest absolute Gasteiger partial charge is 0.228 e. The van der Waals surface area contributed by atoms with Crippen molar-refractivity contribution < 1.29 is 9.21 Å². The number of carbonyl (C=O) groups excluding carboxylic acids is 1. The number of piperidine rings is 1. The molecule has 1 saturated heterocycles. The van der Waals surface area contributed by atoms with Crippen molar-refractivity contribution in [2.75, 3.05) is 13.1 Å². The molecule has 0 spiro atoms. The Labute approximate surface area is 134 Å². The monoisotopic (exact) mass is 319 g/mol. The average molecular weight is 319 g/mol. The van der Waals surface area contributed by atoms with E-state index in [1.807, 2.05) is 16.3 Å². The van der Waals surface area contributed by atoms with Gasteiger partial charge in [-0.05, 0) is 24.8 Å².